The lowest BCUT2D eigenvalue weighted by Gasteiger charge is -2.31. The Morgan fingerprint density at radius 3 is 2.85 bits per heavy atom. The molecule has 26 heavy (non-hydrogen) atoms. The average Bonchev–Trinajstić information content (AvgIpc) is 2.79. The summed E-state index contributed by atoms with van der Waals surface area (Å²) in [6.07, 6.45) is -8.73. The first-order chi connectivity index (χ1) is 12.2. The molecule has 1 atom stereocenters. The van der Waals surface area contributed by atoms with Crippen molar-refractivity contribution in [1.82, 2.24) is 4.90 Å². The van der Waals surface area contributed by atoms with Crippen LogP contribution >= 0.6 is 0 Å². The van der Waals surface area contributed by atoms with Gasteiger partial charge in [-0.3, -0.25) is 0 Å². The molecule has 1 fully saturated rings. The maximum Gasteiger partial charge on any atom is 0.540 e. The Morgan fingerprint density at radius 2 is 2.12 bits per heavy atom. The number of aliphatic hydroxyl groups is 1. The van der Waals surface area contributed by atoms with Gasteiger partial charge in [0.15, 0.2) is 0 Å². The van der Waals surface area contributed by atoms with Gasteiger partial charge in [0.1, 0.15) is 5.75 Å². The van der Waals surface area contributed by atoms with Gasteiger partial charge in [0.05, 0.1) is 18.8 Å². The Bertz CT molecular complexity index is 688. The second-order valence-corrected chi connectivity index (χ2v) is 5.89. The summed E-state index contributed by atoms with van der Waals surface area (Å²) in [5.41, 5.74) is -0.967. The molecule has 1 aromatic carbocycles. The number of carbonyl (C=O) groups excluding carboxylic acids is 1. The molecule has 0 aliphatic carbocycles. The third-order valence-corrected chi connectivity index (χ3v) is 3.90. The van der Waals surface area contributed by atoms with E-state index >= 15 is 0 Å². The normalized spacial score (nSPS) is 24.2. The van der Waals surface area contributed by atoms with Gasteiger partial charge in [-0.25, -0.2) is 9.53 Å². The van der Waals surface area contributed by atoms with Crippen molar-refractivity contribution in [3.63, 3.8) is 0 Å². The molecule has 2 amide bonds. The van der Waals surface area contributed by atoms with Crippen LogP contribution in [0.3, 0.4) is 0 Å². The van der Waals surface area contributed by atoms with E-state index in [2.05, 4.69) is 14.8 Å². The maximum absolute atomic E-state index is 13.8. The van der Waals surface area contributed by atoms with Gasteiger partial charge in [-0.1, -0.05) is 0 Å². The number of nitrogens with zero attached hydrogens (tertiary/aromatic N) is 1. The molecule has 1 aromatic rings. The number of aliphatic hydroxyl groups excluding tert-OH is 1. The number of hydrogen-bond acceptors (Lipinski definition) is 5. The quantitative estimate of drug-likeness (QED) is 0.769. The Morgan fingerprint density at radius 1 is 1.35 bits per heavy atom. The number of benzene rings is 1. The van der Waals surface area contributed by atoms with Gasteiger partial charge in [-0.2, -0.15) is 8.78 Å². The van der Waals surface area contributed by atoms with E-state index in [4.69, 9.17) is 4.74 Å². The van der Waals surface area contributed by atoms with Crippen molar-refractivity contribution in [3.8, 4) is 5.75 Å². The summed E-state index contributed by atoms with van der Waals surface area (Å²) in [5.74, 6) is -1.01. The number of halogens is 4. The Hall–Kier alpha value is -2.11. The molecule has 144 valence electrons. The molecular formula is C15H16F4N2O5. The lowest BCUT2D eigenvalue weighted by atomic mass is 10.1. The predicted molar refractivity (Wildman–Crippen MR) is 79.0 cm³/mol. The summed E-state index contributed by atoms with van der Waals surface area (Å²) in [5, 5.41) is 11.6. The zero-order chi connectivity index (χ0) is 18.9. The van der Waals surface area contributed by atoms with Gasteiger partial charge in [-0.15, -0.1) is 8.78 Å². The summed E-state index contributed by atoms with van der Waals surface area (Å²) < 4.78 is 66.2. The van der Waals surface area contributed by atoms with Gasteiger partial charge in [0.25, 0.3) is 0 Å². The minimum atomic E-state index is -4.45. The highest BCUT2D eigenvalue weighted by molar-refractivity contribution is 5.89. The van der Waals surface area contributed by atoms with Gasteiger partial charge < -0.3 is 24.8 Å². The van der Waals surface area contributed by atoms with Crippen LogP contribution in [0.25, 0.3) is 0 Å². The third-order valence-electron chi connectivity index (χ3n) is 3.90. The van der Waals surface area contributed by atoms with Crippen molar-refractivity contribution in [2.75, 3.05) is 38.2 Å². The number of nitrogens with one attached hydrogen (secondary N) is 1. The maximum atomic E-state index is 13.8. The van der Waals surface area contributed by atoms with Crippen LogP contribution in [0.5, 0.6) is 5.75 Å². The van der Waals surface area contributed by atoms with Crippen LogP contribution in [0.15, 0.2) is 18.2 Å². The average molecular weight is 380 g/mol. The van der Waals surface area contributed by atoms with Crippen LogP contribution in [0.1, 0.15) is 5.56 Å². The zero-order valence-corrected chi connectivity index (χ0v) is 13.4. The fourth-order valence-corrected chi connectivity index (χ4v) is 2.66. The van der Waals surface area contributed by atoms with Crippen LogP contribution in [0.2, 0.25) is 0 Å². The number of ether oxygens (including phenoxy) is 3. The summed E-state index contributed by atoms with van der Waals surface area (Å²) in [6, 6.07) is 2.27. The molecule has 2 aliphatic heterocycles. The minimum Gasteiger partial charge on any atom is -0.409 e. The Balaban J connectivity index is 1.76. The smallest absolute Gasteiger partial charge is 0.409 e. The molecule has 1 saturated heterocycles. The summed E-state index contributed by atoms with van der Waals surface area (Å²) in [6.45, 7) is 0.874. The molecular weight excluding hydrogens is 364 g/mol. The van der Waals surface area contributed by atoms with Crippen LogP contribution in [-0.4, -0.2) is 55.2 Å². The fourth-order valence-electron chi connectivity index (χ4n) is 2.66. The zero-order valence-electron chi connectivity index (χ0n) is 13.4. The molecule has 0 saturated carbocycles. The lowest BCUT2D eigenvalue weighted by molar-refractivity contribution is -0.461. The van der Waals surface area contributed by atoms with Gasteiger partial charge in [0, 0.05) is 31.3 Å². The van der Waals surface area contributed by atoms with Crippen LogP contribution < -0.4 is 10.1 Å². The van der Waals surface area contributed by atoms with E-state index < -0.39 is 29.7 Å². The highest BCUT2D eigenvalue weighted by atomic mass is 19.3. The van der Waals surface area contributed by atoms with Crippen LogP contribution in [0.4, 0.5) is 28.0 Å². The van der Waals surface area contributed by atoms with E-state index in [1.165, 1.54) is 4.90 Å². The summed E-state index contributed by atoms with van der Waals surface area (Å²) in [7, 11) is 0. The standard InChI is InChI=1S/C15H16F4N2O5/c16-14(17)11-5-10(1-2-12(11)25-15(18,19)26-14)20-13(23)21-3-4-24-8-9(6-21)7-22/h1-2,5,9,22H,3-4,6-8H2,(H,20,23). The molecule has 11 heteroatoms. The van der Waals surface area contributed by atoms with Crippen LogP contribution in [0, 0.1) is 5.92 Å². The fraction of sp³-hybridized carbons (Fsp3) is 0.533. The number of amides is 2. The van der Waals surface area contributed by atoms with Crippen molar-refractivity contribution < 1.29 is 41.7 Å². The molecule has 0 bridgehead atoms. The van der Waals surface area contributed by atoms with Crippen molar-refractivity contribution in [2.24, 2.45) is 5.92 Å². The SMILES string of the molecule is O=C(Nc1ccc2c(c1)C(F)(F)OC(F)(F)O2)N1CCOCC(CO)C1. The first-order valence-corrected chi connectivity index (χ1v) is 7.74. The molecule has 1 unspecified atom stereocenters. The monoisotopic (exact) mass is 380 g/mol. The second-order valence-electron chi connectivity index (χ2n) is 5.89. The first kappa shape index (κ1) is 18.7. The van der Waals surface area contributed by atoms with Crippen molar-refractivity contribution in [3.05, 3.63) is 23.8 Å². The molecule has 0 spiro atoms. The number of carbonyl (C=O) groups is 1. The second kappa shape index (κ2) is 6.89. The number of alkyl halides is 4. The molecule has 2 aliphatic rings. The van der Waals surface area contributed by atoms with E-state index in [0.717, 1.165) is 18.2 Å². The third kappa shape index (κ3) is 4.00. The summed E-state index contributed by atoms with van der Waals surface area (Å²) >= 11 is 0. The number of urea groups is 1. The molecule has 2 heterocycles. The summed E-state index contributed by atoms with van der Waals surface area (Å²) in [4.78, 5) is 13.7. The van der Waals surface area contributed by atoms with E-state index in [0.29, 0.717) is 6.61 Å². The number of rotatable bonds is 2. The van der Waals surface area contributed by atoms with Crippen molar-refractivity contribution in [2.45, 2.75) is 12.4 Å². The molecule has 3 rings (SSSR count). The highest BCUT2D eigenvalue weighted by Crippen LogP contribution is 2.46. The first-order valence-electron chi connectivity index (χ1n) is 7.74. The predicted octanol–water partition coefficient (Wildman–Crippen LogP) is 2.17. The largest absolute Gasteiger partial charge is 0.540 e. The Labute approximate surface area is 145 Å². The van der Waals surface area contributed by atoms with E-state index in [1.807, 2.05) is 0 Å². The van der Waals surface area contributed by atoms with Crippen molar-refractivity contribution >= 4 is 11.7 Å². The number of fused-ring (bicyclic) bond motifs is 1. The van der Waals surface area contributed by atoms with E-state index in [-0.39, 0.29) is 37.9 Å². The topological polar surface area (TPSA) is 80.3 Å². The number of hydrogen-bond donors (Lipinski definition) is 2. The highest BCUT2D eigenvalue weighted by Gasteiger charge is 2.54. The number of anilines is 1. The van der Waals surface area contributed by atoms with Crippen molar-refractivity contribution in [1.29, 1.82) is 0 Å². The molecule has 0 radical (unpaired) electrons. The van der Waals surface area contributed by atoms with Gasteiger partial charge in [0.2, 0.25) is 0 Å². The lowest BCUT2D eigenvalue weighted by Crippen LogP contribution is -2.41. The molecule has 0 aromatic heterocycles. The Kier molecular flexibility index (Phi) is 4.95. The van der Waals surface area contributed by atoms with Crippen LogP contribution in [-0.2, 0) is 15.6 Å². The molecule has 2 N–H and O–H groups in total. The van der Waals surface area contributed by atoms with Gasteiger partial charge in [-0.05, 0) is 18.2 Å². The van der Waals surface area contributed by atoms with Gasteiger partial charge >= 0.3 is 18.4 Å². The molecule has 7 nitrogen and oxygen atoms in total. The van der Waals surface area contributed by atoms with E-state index in [9.17, 15) is 27.5 Å². The minimum absolute atomic E-state index is 0.0449. The van der Waals surface area contributed by atoms with E-state index in [1.54, 1.807) is 0 Å².